The van der Waals surface area contributed by atoms with Crippen molar-refractivity contribution in [1.29, 1.82) is 0 Å². The molecule has 1 aromatic carbocycles. The fourth-order valence-electron chi connectivity index (χ4n) is 1.19. The van der Waals surface area contributed by atoms with Gasteiger partial charge in [0.25, 0.3) is 0 Å². The highest BCUT2D eigenvalue weighted by molar-refractivity contribution is 5.31. The van der Waals surface area contributed by atoms with Crippen LogP contribution < -0.4 is 0 Å². The molecule has 0 spiro atoms. The summed E-state index contributed by atoms with van der Waals surface area (Å²) in [6, 6.07) is 2.74. The fourth-order valence-corrected chi connectivity index (χ4v) is 1.19. The average Bonchev–Trinajstić information content (AvgIpc) is 2.07. The monoisotopic (exact) mass is 208 g/mol. The molecule has 14 heavy (non-hydrogen) atoms. The number of alkyl halides is 3. The third kappa shape index (κ3) is 2.23. The SMILES string of the molecule is OCCc1c(F)cccc1C(F)(F)F. The molecular weight excluding hydrogens is 200 g/mol. The van der Waals surface area contributed by atoms with E-state index >= 15 is 0 Å². The first-order valence-electron chi connectivity index (χ1n) is 3.92. The van der Waals surface area contributed by atoms with Crippen LogP contribution in [0.3, 0.4) is 0 Å². The Morgan fingerprint density at radius 3 is 2.36 bits per heavy atom. The largest absolute Gasteiger partial charge is 0.416 e. The molecule has 0 aliphatic carbocycles. The van der Waals surface area contributed by atoms with Crippen molar-refractivity contribution in [2.45, 2.75) is 12.6 Å². The molecule has 0 unspecified atom stereocenters. The van der Waals surface area contributed by atoms with Crippen molar-refractivity contribution < 1.29 is 22.7 Å². The lowest BCUT2D eigenvalue weighted by Gasteiger charge is -2.12. The molecular formula is C9H8F4O. The normalized spacial score (nSPS) is 11.8. The van der Waals surface area contributed by atoms with Gasteiger partial charge in [0.1, 0.15) is 5.82 Å². The zero-order valence-corrected chi connectivity index (χ0v) is 7.11. The minimum absolute atomic E-state index is 0.332. The molecule has 0 saturated carbocycles. The van der Waals surface area contributed by atoms with Gasteiger partial charge in [-0.3, -0.25) is 0 Å². The van der Waals surface area contributed by atoms with Crippen LogP contribution in [0.15, 0.2) is 18.2 Å². The van der Waals surface area contributed by atoms with Gasteiger partial charge in [-0.25, -0.2) is 4.39 Å². The Labute approximate surface area is 78.0 Å². The maximum Gasteiger partial charge on any atom is 0.416 e. The van der Waals surface area contributed by atoms with E-state index in [1.807, 2.05) is 0 Å². The van der Waals surface area contributed by atoms with E-state index in [-0.39, 0.29) is 6.42 Å². The predicted molar refractivity (Wildman–Crippen MR) is 42.2 cm³/mol. The van der Waals surface area contributed by atoms with Gasteiger partial charge in [-0.15, -0.1) is 0 Å². The van der Waals surface area contributed by atoms with Gasteiger partial charge in [0.15, 0.2) is 0 Å². The molecule has 0 amide bonds. The van der Waals surface area contributed by atoms with E-state index in [9.17, 15) is 17.6 Å². The van der Waals surface area contributed by atoms with E-state index < -0.39 is 29.7 Å². The number of aliphatic hydroxyl groups excluding tert-OH is 1. The number of benzene rings is 1. The summed E-state index contributed by atoms with van der Waals surface area (Å²) in [5.74, 6) is -0.936. The van der Waals surface area contributed by atoms with Crippen LogP contribution in [0.5, 0.6) is 0 Å². The van der Waals surface area contributed by atoms with Crippen LogP contribution in [0, 0.1) is 5.82 Å². The van der Waals surface area contributed by atoms with Crippen LogP contribution in [0.2, 0.25) is 0 Å². The van der Waals surface area contributed by atoms with E-state index in [0.717, 1.165) is 18.2 Å². The molecule has 0 aliphatic rings. The van der Waals surface area contributed by atoms with E-state index in [2.05, 4.69) is 0 Å². The quantitative estimate of drug-likeness (QED) is 0.740. The summed E-state index contributed by atoms with van der Waals surface area (Å²) in [6.45, 7) is -0.510. The number of halogens is 4. The van der Waals surface area contributed by atoms with Crippen LogP contribution in [-0.2, 0) is 12.6 Å². The van der Waals surface area contributed by atoms with Gasteiger partial charge in [-0.05, 0) is 18.6 Å². The summed E-state index contributed by atoms with van der Waals surface area (Å²) in [6.07, 6.45) is -4.91. The minimum atomic E-state index is -4.58. The Bertz CT molecular complexity index is 319. The molecule has 1 nitrogen and oxygen atoms in total. The third-order valence-corrected chi connectivity index (χ3v) is 1.79. The molecule has 0 radical (unpaired) electrons. The molecule has 0 bridgehead atoms. The molecule has 1 aromatic rings. The van der Waals surface area contributed by atoms with E-state index in [4.69, 9.17) is 5.11 Å². The number of hydrogen-bond acceptors (Lipinski definition) is 1. The second-order valence-electron chi connectivity index (χ2n) is 2.74. The van der Waals surface area contributed by atoms with Crippen LogP contribution in [-0.4, -0.2) is 11.7 Å². The Morgan fingerprint density at radius 2 is 1.86 bits per heavy atom. The van der Waals surface area contributed by atoms with Gasteiger partial charge in [0, 0.05) is 12.2 Å². The molecule has 0 saturated heterocycles. The molecule has 5 heteroatoms. The average molecular weight is 208 g/mol. The molecule has 0 atom stereocenters. The highest BCUT2D eigenvalue weighted by Crippen LogP contribution is 2.33. The van der Waals surface area contributed by atoms with Crippen molar-refractivity contribution in [1.82, 2.24) is 0 Å². The lowest BCUT2D eigenvalue weighted by molar-refractivity contribution is -0.138. The molecule has 0 fully saturated rings. The van der Waals surface area contributed by atoms with Gasteiger partial charge in [0.05, 0.1) is 5.56 Å². The summed E-state index contributed by atoms with van der Waals surface area (Å²) < 4.78 is 49.9. The van der Waals surface area contributed by atoms with Crippen LogP contribution in [0.1, 0.15) is 11.1 Å². The van der Waals surface area contributed by atoms with E-state index in [1.165, 1.54) is 0 Å². The molecule has 1 rings (SSSR count). The van der Waals surface area contributed by atoms with Crippen LogP contribution >= 0.6 is 0 Å². The van der Waals surface area contributed by atoms with Crippen molar-refractivity contribution in [2.75, 3.05) is 6.61 Å². The molecule has 78 valence electrons. The maximum atomic E-state index is 13.0. The molecule has 0 aliphatic heterocycles. The number of aliphatic hydroxyl groups is 1. The lowest BCUT2D eigenvalue weighted by atomic mass is 10.0. The lowest BCUT2D eigenvalue weighted by Crippen LogP contribution is -2.11. The van der Waals surface area contributed by atoms with Gasteiger partial charge in [-0.1, -0.05) is 6.07 Å². The molecule has 1 N–H and O–H groups in total. The van der Waals surface area contributed by atoms with Crippen molar-refractivity contribution in [3.63, 3.8) is 0 Å². The fraction of sp³-hybridized carbons (Fsp3) is 0.333. The summed E-state index contributed by atoms with van der Waals surface area (Å²) in [5, 5.41) is 8.50. The molecule has 0 heterocycles. The van der Waals surface area contributed by atoms with Gasteiger partial charge >= 0.3 is 6.18 Å². The Kier molecular flexibility index (Phi) is 3.10. The van der Waals surface area contributed by atoms with Crippen molar-refractivity contribution in [2.24, 2.45) is 0 Å². The number of rotatable bonds is 2. The first-order valence-corrected chi connectivity index (χ1v) is 3.92. The van der Waals surface area contributed by atoms with Gasteiger partial charge in [-0.2, -0.15) is 13.2 Å². The Morgan fingerprint density at radius 1 is 1.21 bits per heavy atom. The van der Waals surface area contributed by atoms with Gasteiger partial charge in [0.2, 0.25) is 0 Å². The van der Waals surface area contributed by atoms with Crippen LogP contribution in [0.4, 0.5) is 17.6 Å². The van der Waals surface area contributed by atoms with Crippen LogP contribution in [0.25, 0.3) is 0 Å². The second-order valence-corrected chi connectivity index (χ2v) is 2.74. The summed E-state index contributed by atoms with van der Waals surface area (Å²) in [4.78, 5) is 0. The van der Waals surface area contributed by atoms with Crippen molar-refractivity contribution >= 4 is 0 Å². The highest BCUT2D eigenvalue weighted by atomic mass is 19.4. The Balaban J connectivity index is 3.21. The zero-order valence-electron chi connectivity index (χ0n) is 7.11. The minimum Gasteiger partial charge on any atom is -0.396 e. The van der Waals surface area contributed by atoms with Crippen molar-refractivity contribution in [3.05, 3.63) is 35.1 Å². The second kappa shape index (κ2) is 3.96. The molecule has 0 aromatic heterocycles. The van der Waals surface area contributed by atoms with Crippen molar-refractivity contribution in [3.8, 4) is 0 Å². The van der Waals surface area contributed by atoms with E-state index in [0.29, 0.717) is 0 Å². The summed E-state index contributed by atoms with van der Waals surface area (Å²) in [5.41, 5.74) is -1.51. The zero-order chi connectivity index (χ0) is 10.8. The maximum absolute atomic E-state index is 13.0. The summed E-state index contributed by atoms with van der Waals surface area (Å²) >= 11 is 0. The highest BCUT2D eigenvalue weighted by Gasteiger charge is 2.33. The summed E-state index contributed by atoms with van der Waals surface area (Å²) in [7, 11) is 0. The topological polar surface area (TPSA) is 20.2 Å². The van der Waals surface area contributed by atoms with Gasteiger partial charge < -0.3 is 5.11 Å². The Hall–Kier alpha value is -1.10. The first-order chi connectivity index (χ1) is 6.46. The predicted octanol–water partition coefficient (Wildman–Crippen LogP) is 2.38. The smallest absolute Gasteiger partial charge is 0.396 e. The first kappa shape index (κ1) is 11.0. The van der Waals surface area contributed by atoms with E-state index in [1.54, 1.807) is 0 Å². The third-order valence-electron chi connectivity index (χ3n) is 1.79. The standard InChI is InChI=1S/C9H8F4O/c10-8-3-1-2-7(9(11,12)13)6(8)4-5-14/h1-3,14H,4-5H2. The number of hydrogen-bond donors (Lipinski definition) is 1.